The van der Waals surface area contributed by atoms with E-state index in [1.165, 1.54) is 17.3 Å². The van der Waals surface area contributed by atoms with Crippen LogP contribution >= 0.6 is 11.6 Å². The van der Waals surface area contributed by atoms with Crippen LogP contribution in [0.15, 0.2) is 53.7 Å². The monoisotopic (exact) mass is 407 g/mol. The molecule has 0 spiro atoms. The van der Waals surface area contributed by atoms with Crippen molar-refractivity contribution in [1.82, 2.24) is 14.2 Å². The lowest BCUT2D eigenvalue weighted by atomic mass is 10.0. The maximum atomic E-state index is 13.0. The number of carbonyl (C=O) groups is 1. The Bertz CT molecular complexity index is 905. The minimum absolute atomic E-state index is 0.0779. The number of carbonyl (C=O) groups excluding carboxylic acids is 1. The fourth-order valence-corrected chi connectivity index (χ4v) is 5.17. The number of rotatable bonds is 5. The summed E-state index contributed by atoms with van der Waals surface area (Å²) in [7, 11) is -3.65. The molecule has 144 valence electrons. The van der Waals surface area contributed by atoms with E-state index in [0.717, 1.165) is 12.0 Å². The molecular weight excluding hydrogens is 386 g/mol. The molecule has 0 bridgehead atoms. The van der Waals surface area contributed by atoms with E-state index in [9.17, 15) is 13.2 Å². The van der Waals surface area contributed by atoms with Crippen molar-refractivity contribution in [3.8, 4) is 0 Å². The summed E-state index contributed by atoms with van der Waals surface area (Å²) in [6, 6.07) is 9.83. The van der Waals surface area contributed by atoms with Gasteiger partial charge in [-0.25, -0.2) is 8.42 Å². The van der Waals surface area contributed by atoms with Crippen molar-refractivity contribution in [3.63, 3.8) is 0 Å². The Labute approximate surface area is 164 Å². The lowest BCUT2D eigenvalue weighted by molar-refractivity contribution is -0.132. The van der Waals surface area contributed by atoms with Gasteiger partial charge in [-0.3, -0.25) is 9.78 Å². The third kappa shape index (κ3) is 4.66. The van der Waals surface area contributed by atoms with Crippen LogP contribution in [0.1, 0.15) is 25.3 Å². The number of halogens is 1. The molecule has 1 aliphatic rings. The van der Waals surface area contributed by atoms with E-state index in [4.69, 9.17) is 11.6 Å². The van der Waals surface area contributed by atoms with E-state index in [1.54, 1.807) is 35.5 Å². The number of sulfonamides is 1. The number of amides is 1. The van der Waals surface area contributed by atoms with Crippen LogP contribution in [0, 0.1) is 0 Å². The second-order valence-corrected chi connectivity index (χ2v) is 9.00. The summed E-state index contributed by atoms with van der Waals surface area (Å²) in [4.78, 5) is 18.2. The Morgan fingerprint density at radius 1 is 1.33 bits per heavy atom. The highest BCUT2D eigenvalue weighted by Gasteiger charge is 2.33. The topological polar surface area (TPSA) is 70.6 Å². The Balaban J connectivity index is 1.80. The summed E-state index contributed by atoms with van der Waals surface area (Å²) in [5.74, 6) is -0.0779. The summed E-state index contributed by atoms with van der Waals surface area (Å²) in [5, 5.41) is 0.381. The molecule has 8 heteroatoms. The average molecular weight is 408 g/mol. The first-order valence-corrected chi connectivity index (χ1v) is 10.6. The molecule has 1 unspecified atom stereocenters. The van der Waals surface area contributed by atoms with E-state index in [0.29, 0.717) is 24.5 Å². The standard InChI is InChI=1S/C19H22ClN3O3S/c1-15(24)23(13-16-5-3-9-21-12-16)18-7-4-10-22(14-18)27(25,26)19-8-2-6-17(20)11-19/h2-3,5-6,8-9,11-12,18H,4,7,10,13-14H2,1H3. The molecule has 1 aliphatic heterocycles. The number of pyridine rings is 1. The second-order valence-electron chi connectivity index (χ2n) is 6.62. The van der Waals surface area contributed by atoms with E-state index in [1.807, 2.05) is 12.1 Å². The summed E-state index contributed by atoms with van der Waals surface area (Å²) in [5.41, 5.74) is 0.919. The second kappa shape index (κ2) is 8.37. The molecule has 1 amide bonds. The first-order chi connectivity index (χ1) is 12.9. The molecule has 1 fully saturated rings. The molecular formula is C19H22ClN3O3S. The number of nitrogens with zero attached hydrogens (tertiary/aromatic N) is 3. The highest BCUT2D eigenvalue weighted by Crippen LogP contribution is 2.25. The number of benzene rings is 1. The molecule has 0 radical (unpaired) electrons. The highest BCUT2D eigenvalue weighted by atomic mass is 35.5. The first-order valence-electron chi connectivity index (χ1n) is 8.80. The van der Waals surface area contributed by atoms with Gasteiger partial charge < -0.3 is 4.90 Å². The molecule has 1 atom stereocenters. The van der Waals surface area contributed by atoms with Crippen LogP contribution in [0.25, 0.3) is 0 Å². The Hall–Kier alpha value is -1.96. The number of hydrogen-bond acceptors (Lipinski definition) is 4. The Kier molecular flexibility index (Phi) is 6.14. The van der Waals surface area contributed by atoms with E-state index < -0.39 is 10.0 Å². The molecule has 1 aromatic heterocycles. The average Bonchev–Trinajstić information content (AvgIpc) is 2.67. The van der Waals surface area contributed by atoms with E-state index in [2.05, 4.69) is 4.98 Å². The maximum Gasteiger partial charge on any atom is 0.243 e. The minimum atomic E-state index is -3.65. The van der Waals surface area contributed by atoms with Gasteiger partial charge in [-0.15, -0.1) is 0 Å². The molecule has 0 N–H and O–H groups in total. The van der Waals surface area contributed by atoms with Gasteiger partial charge in [0.1, 0.15) is 0 Å². The zero-order valence-electron chi connectivity index (χ0n) is 15.1. The normalized spacial score (nSPS) is 18.2. The van der Waals surface area contributed by atoms with Gasteiger partial charge >= 0.3 is 0 Å². The molecule has 1 aromatic carbocycles. The van der Waals surface area contributed by atoms with Crippen LogP contribution in [0.2, 0.25) is 5.02 Å². The van der Waals surface area contributed by atoms with E-state index in [-0.39, 0.29) is 23.4 Å². The number of piperidine rings is 1. The SMILES string of the molecule is CC(=O)N(Cc1cccnc1)C1CCCN(S(=O)(=O)c2cccc(Cl)c2)C1. The quantitative estimate of drug-likeness (QED) is 0.764. The van der Waals surface area contributed by atoms with Gasteiger partial charge in [-0.05, 0) is 42.7 Å². The van der Waals surface area contributed by atoms with Gasteiger partial charge in [0.15, 0.2) is 0 Å². The number of hydrogen-bond donors (Lipinski definition) is 0. The highest BCUT2D eigenvalue weighted by molar-refractivity contribution is 7.89. The fraction of sp³-hybridized carbons (Fsp3) is 0.368. The lowest BCUT2D eigenvalue weighted by Gasteiger charge is -2.38. The van der Waals surface area contributed by atoms with Gasteiger partial charge in [0.2, 0.25) is 15.9 Å². The largest absolute Gasteiger partial charge is 0.334 e. The third-order valence-electron chi connectivity index (χ3n) is 4.71. The van der Waals surface area contributed by atoms with Gasteiger partial charge in [0.05, 0.1) is 4.90 Å². The Morgan fingerprint density at radius 3 is 2.81 bits per heavy atom. The molecule has 2 aromatic rings. The lowest BCUT2D eigenvalue weighted by Crippen LogP contribution is -2.50. The van der Waals surface area contributed by atoms with Gasteiger partial charge in [-0.1, -0.05) is 23.7 Å². The third-order valence-corrected chi connectivity index (χ3v) is 6.81. The predicted octanol–water partition coefficient (Wildman–Crippen LogP) is 2.94. The summed E-state index contributed by atoms with van der Waals surface area (Å²) >= 11 is 5.96. The van der Waals surface area contributed by atoms with Crippen molar-refractivity contribution in [2.24, 2.45) is 0 Å². The zero-order chi connectivity index (χ0) is 19.4. The molecule has 2 heterocycles. The first kappa shape index (κ1) is 19.8. The molecule has 1 saturated heterocycles. The Morgan fingerprint density at radius 2 is 2.15 bits per heavy atom. The fourth-order valence-electron chi connectivity index (χ4n) is 3.36. The van der Waals surface area contributed by atoms with Crippen molar-refractivity contribution in [2.75, 3.05) is 13.1 Å². The minimum Gasteiger partial charge on any atom is -0.334 e. The number of aromatic nitrogens is 1. The van der Waals surface area contributed by atoms with Crippen molar-refractivity contribution in [2.45, 2.75) is 37.2 Å². The van der Waals surface area contributed by atoms with Gasteiger partial charge in [0, 0.05) is 50.0 Å². The van der Waals surface area contributed by atoms with E-state index >= 15 is 0 Å². The molecule has 0 aliphatic carbocycles. The molecule has 27 heavy (non-hydrogen) atoms. The van der Waals surface area contributed by atoms with Crippen LogP contribution in [0.5, 0.6) is 0 Å². The maximum absolute atomic E-state index is 13.0. The van der Waals surface area contributed by atoms with Crippen LogP contribution in [0.3, 0.4) is 0 Å². The smallest absolute Gasteiger partial charge is 0.243 e. The zero-order valence-corrected chi connectivity index (χ0v) is 16.7. The van der Waals surface area contributed by atoms with Crippen LogP contribution in [-0.4, -0.2) is 47.6 Å². The van der Waals surface area contributed by atoms with Crippen molar-refractivity contribution in [3.05, 3.63) is 59.4 Å². The summed E-state index contributed by atoms with van der Waals surface area (Å²) < 4.78 is 27.4. The van der Waals surface area contributed by atoms with Crippen LogP contribution in [0.4, 0.5) is 0 Å². The van der Waals surface area contributed by atoms with Crippen molar-refractivity contribution in [1.29, 1.82) is 0 Å². The van der Waals surface area contributed by atoms with Gasteiger partial charge in [0.25, 0.3) is 0 Å². The van der Waals surface area contributed by atoms with Gasteiger partial charge in [-0.2, -0.15) is 4.31 Å². The predicted molar refractivity (Wildman–Crippen MR) is 104 cm³/mol. The van der Waals surface area contributed by atoms with Crippen molar-refractivity contribution >= 4 is 27.5 Å². The van der Waals surface area contributed by atoms with Crippen molar-refractivity contribution < 1.29 is 13.2 Å². The summed E-state index contributed by atoms with van der Waals surface area (Å²) in [6.45, 7) is 2.64. The van der Waals surface area contributed by atoms with Crippen LogP contribution in [-0.2, 0) is 21.4 Å². The molecule has 0 saturated carbocycles. The summed E-state index contributed by atoms with van der Waals surface area (Å²) in [6.07, 6.45) is 4.86. The van der Waals surface area contributed by atoms with Crippen LogP contribution < -0.4 is 0 Å². The molecule has 6 nitrogen and oxygen atoms in total. The molecule has 3 rings (SSSR count).